The summed E-state index contributed by atoms with van der Waals surface area (Å²) in [5.41, 5.74) is 7.17. The summed E-state index contributed by atoms with van der Waals surface area (Å²) in [7, 11) is 8.22. The predicted molar refractivity (Wildman–Crippen MR) is 148 cm³/mol. The van der Waals surface area contributed by atoms with Gasteiger partial charge in [-0.1, -0.05) is 48.6 Å². The van der Waals surface area contributed by atoms with Gasteiger partial charge in [0.15, 0.2) is 24.8 Å². The van der Waals surface area contributed by atoms with Crippen molar-refractivity contribution in [2.45, 2.75) is 6.67 Å². The summed E-state index contributed by atoms with van der Waals surface area (Å²) in [4.78, 5) is 4.22. The fraction of sp³-hybridized carbons (Fsp3) is 0.161. The molecule has 0 spiro atoms. The number of rotatable bonds is 8. The minimum absolute atomic E-state index is 0.770. The number of hydrogen-bond acceptors (Lipinski definition) is 2. The van der Waals surface area contributed by atoms with Gasteiger partial charge in [-0.3, -0.25) is 0 Å². The molecule has 0 aliphatic rings. The second-order valence-corrected chi connectivity index (χ2v) is 9.07. The maximum atomic E-state index is 2.17. The van der Waals surface area contributed by atoms with E-state index in [0.717, 1.165) is 6.67 Å². The molecular weight excluding hydrogens is 428 g/mol. The van der Waals surface area contributed by atoms with Crippen LogP contribution in [-0.2, 0) is 6.67 Å². The quantitative estimate of drug-likeness (QED) is 0.333. The lowest BCUT2D eigenvalue weighted by molar-refractivity contribution is -0.913. The molecule has 0 bridgehead atoms. The van der Waals surface area contributed by atoms with Crippen LogP contribution in [0.1, 0.15) is 22.3 Å². The molecule has 0 saturated heterocycles. The first-order valence-electron chi connectivity index (χ1n) is 11.9. The molecule has 0 N–H and O–H groups in total. The molecule has 4 rings (SSSR count). The Morgan fingerprint density at radius 3 is 1.03 bits per heavy atom. The molecule has 4 aromatic rings. The number of benzene rings is 2. The molecule has 2 aromatic carbocycles. The molecule has 0 amide bonds. The third kappa shape index (κ3) is 6.90. The summed E-state index contributed by atoms with van der Waals surface area (Å²) in [5, 5.41) is 0. The van der Waals surface area contributed by atoms with Crippen LogP contribution in [0, 0.1) is 0 Å². The van der Waals surface area contributed by atoms with Crippen molar-refractivity contribution in [3.63, 3.8) is 0 Å². The Bertz CT molecular complexity index is 1160. The number of aromatic nitrogens is 2. The van der Waals surface area contributed by atoms with Gasteiger partial charge < -0.3 is 9.80 Å². The minimum Gasteiger partial charge on any atom is -0.378 e. The van der Waals surface area contributed by atoms with Gasteiger partial charge in [0, 0.05) is 63.8 Å². The molecule has 0 saturated carbocycles. The second kappa shape index (κ2) is 11.3. The molecule has 2 heterocycles. The van der Waals surface area contributed by atoms with Crippen LogP contribution in [0.3, 0.4) is 0 Å². The largest absolute Gasteiger partial charge is 0.378 e. The maximum absolute atomic E-state index is 2.17. The van der Waals surface area contributed by atoms with E-state index in [9.17, 15) is 0 Å². The first kappa shape index (κ1) is 24.0. The van der Waals surface area contributed by atoms with Crippen LogP contribution in [0.4, 0.5) is 11.4 Å². The number of pyridine rings is 2. The highest BCUT2D eigenvalue weighted by atomic mass is 15.1. The minimum atomic E-state index is 0.770. The topological polar surface area (TPSA) is 14.2 Å². The fourth-order valence-corrected chi connectivity index (χ4v) is 3.69. The molecule has 0 atom stereocenters. The Hall–Kier alpha value is -4.18. The van der Waals surface area contributed by atoms with Crippen LogP contribution < -0.4 is 18.9 Å². The van der Waals surface area contributed by atoms with Crippen LogP contribution in [-0.4, -0.2) is 28.2 Å². The average molecular weight is 463 g/mol. The van der Waals surface area contributed by atoms with E-state index in [-0.39, 0.29) is 0 Å². The van der Waals surface area contributed by atoms with Crippen molar-refractivity contribution >= 4 is 35.7 Å². The lowest BCUT2D eigenvalue weighted by Crippen LogP contribution is -2.50. The highest BCUT2D eigenvalue weighted by Crippen LogP contribution is 2.15. The zero-order valence-corrected chi connectivity index (χ0v) is 21.0. The fourth-order valence-electron chi connectivity index (χ4n) is 3.69. The van der Waals surface area contributed by atoms with Crippen molar-refractivity contribution < 1.29 is 9.13 Å². The highest BCUT2D eigenvalue weighted by molar-refractivity contribution is 5.71. The first-order valence-corrected chi connectivity index (χ1v) is 11.9. The molecule has 0 radical (unpaired) electrons. The van der Waals surface area contributed by atoms with Crippen LogP contribution >= 0.6 is 0 Å². The van der Waals surface area contributed by atoms with Crippen LogP contribution in [0.5, 0.6) is 0 Å². The number of hydrogen-bond donors (Lipinski definition) is 0. The van der Waals surface area contributed by atoms with Crippen molar-refractivity contribution in [1.29, 1.82) is 0 Å². The molecule has 0 unspecified atom stereocenters. The van der Waals surface area contributed by atoms with E-state index in [2.05, 4.69) is 169 Å². The van der Waals surface area contributed by atoms with E-state index in [0.29, 0.717) is 0 Å². The summed E-state index contributed by atoms with van der Waals surface area (Å²) < 4.78 is 4.34. The molecular formula is C31H34N4+2. The van der Waals surface area contributed by atoms with Gasteiger partial charge in [0.05, 0.1) is 0 Å². The van der Waals surface area contributed by atoms with E-state index in [1.54, 1.807) is 0 Å². The monoisotopic (exact) mass is 462 g/mol. The molecule has 4 nitrogen and oxygen atoms in total. The number of anilines is 2. The lowest BCUT2D eigenvalue weighted by atomic mass is 10.1. The Morgan fingerprint density at radius 1 is 0.457 bits per heavy atom. The van der Waals surface area contributed by atoms with E-state index in [1.807, 2.05) is 0 Å². The SMILES string of the molecule is CN(C)c1ccc(/C=C/c2cc[n+](C[n+]3ccc(/C=C/c4ccc(N(C)C)cc4)cc3)cc2)cc1. The van der Waals surface area contributed by atoms with Crippen LogP contribution in [0.25, 0.3) is 24.3 Å². The Kier molecular flexibility index (Phi) is 7.74. The van der Waals surface area contributed by atoms with E-state index >= 15 is 0 Å². The first-order chi connectivity index (χ1) is 17.0. The zero-order valence-electron chi connectivity index (χ0n) is 21.0. The van der Waals surface area contributed by atoms with Gasteiger partial charge in [0.1, 0.15) is 0 Å². The van der Waals surface area contributed by atoms with Crippen molar-refractivity contribution in [3.05, 3.63) is 120 Å². The van der Waals surface area contributed by atoms with Crippen molar-refractivity contribution in [3.8, 4) is 0 Å². The average Bonchev–Trinajstić information content (AvgIpc) is 2.88. The van der Waals surface area contributed by atoms with Crippen molar-refractivity contribution in [2.24, 2.45) is 0 Å². The van der Waals surface area contributed by atoms with Gasteiger partial charge in [-0.05, 0) is 46.5 Å². The Balaban J connectivity index is 1.33. The van der Waals surface area contributed by atoms with E-state index in [4.69, 9.17) is 0 Å². The van der Waals surface area contributed by atoms with E-state index in [1.165, 1.54) is 33.6 Å². The van der Waals surface area contributed by atoms with Crippen molar-refractivity contribution in [1.82, 2.24) is 0 Å². The molecule has 176 valence electrons. The molecule has 0 aliphatic heterocycles. The third-order valence-corrected chi connectivity index (χ3v) is 5.92. The summed E-state index contributed by atoms with van der Waals surface area (Å²) in [5.74, 6) is 0. The van der Waals surface area contributed by atoms with E-state index < -0.39 is 0 Å². The maximum Gasteiger partial charge on any atom is 0.343 e. The summed E-state index contributed by atoms with van der Waals surface area (Å²) >= 11 is 0. The Morgan fingerprint density at radius 2 is 0.743 bits per heavy atom. The summed E-state index contributed by atoms with van der Waals surface area (Å²) in [6.07, 6.45) is 17.1. The van der Waals surface area contributed by atoms with Crippen molar-refractivity contribution in [2.75, 3.05) is 38.0 Å². The van der Waals surface area contributed by atoms with Gasteiger partial charge in [-0.15, -0.1) is 9.13 Å². The molecule has 35 heavy (non-hydrogen) atoms. The summed E-state index contributed by atoms with van der Waals surface area (Å²) in [6, 6.07) is 25.7. The van der Waals surface area contributed by atoms with Gasteiger partial charge in [-0.2, -0.15) is 0 Å². The van der Waals surface area contributed by atoms with Gasteiger partial charge in [-0.25, -0.2) is 0 Å². The van der Waals surface area contributed by atoms with Gasteiger partial charge in [0.25, 0.3) is 0 Å². The molecule has 0 aliphatic carbocycles. The summed E-state index contributed by atoms with van der Waals surface area (Å²) in [6.45, 7) is 0.770. The normalized spacial score (nSPS) is 11.3. The van der Waals surface area contributed by atoms with Gasteiger partial charge in [0.2, 0.25) is 0 Å². The Labute approximate surface area is 209 Å². The lowest BCUT2D eigenvalue weighted by Gasteiger charge is -2.11. The second-order valence-electron chi connectivity index (χ2n) is 9.07. The van der Waals surface area contributed by atoms with Crippen LogP contribution in [0.15, 0.2) is 97.6 Å². The van der Waals surface area contributed by atoms with Crippen LogP contribution in [0.2, 0.25) is 0 Å². The highest BCUT2D eigenvalue weighted by Gasteiger charge is 2.07. The zero-order chi connectivity index (χ0) is 24.6. The molecule has 0 fully saturated rings. The smallest absolute Gasteiger partial charge is 0.343 e. The standard InChI is InChI=1S/C31H34N4/c1-32(2)30-13-9-26(10-14-30)5-7-28-17-21-34(22-18-28)25-35-23-19-29(20-24-35)8-6-27-11-15-31(16-12-27)33(3)4/h5-24H,25H2,1-4H3/q+2. The number of nitrogens with zero attached hydrogens (tertiary/aromatic N) is 4. The molecule has 4 heteroatoms. The molecule has 2 aromatic heterocycles. The van der Waals surface area contributed by atoms with Gasteiger partial charge >= 0.3 is 6.67 Å². The third-order valence-electron chi connectivity index (χ3n) is 5.92. The predicted octanol–water partition coefficient (Wildman–Crippen LogP) is 5.24.